The Morgan fingerprint density at radius 3 is 2.11 bits per heavy atom. The standard InChI is InChI=1S/C26H22FN3O4S2/c1-35(31,32)24-9-5-6-10-25(24)36(33,34)30-19-12-14-23(28)21(16-19)26(29)18-11-13-20(22(27)15-18)17-7-3-2-4-8-17/h2-16,29-30H,28H2,1H3. The van der Waals surface area contributed by atoms with Gasteiger partial charge >= 0.3 is 0 Å². The topological polar surface area (TPSA) is 130 Å². The summed E-state index contributed by atoms with van der Waals surface area (Å²) in [4.78, 5) is -0.741. The Morgan fingerprint density at radius 1 is 0.833 bits per heavy atom. The number of halogens is 1. The van der Waals surface area contributed by atoms with E-state index in [1.54, 1.807) is 36.4 Å². The van der Waals surface area contributed by atoms with Crippen molar-refractivity contribution in [1.82, 2.24) is 0 Å². The van der Waals surface area contributed by atoms with Crippen LogP contribution in [0.15, 0.2) is 101 Å². The summed E-state index contributed by atoms with van der Waals surface area (Å²) in [5.74, 6) is -0.517. The highest BCUT2D eigenvalue weighted by Gasteiger charge is 2.24. The molecule has 0 unspecified atom stereocenters. The second kappa shape index (κ2) is 9.56. The van der Waals surface area contributed by atoms with Crippen molar-refractivity contribution in [3.05, 3.63) is 108 Å². The van der Waals surface area contributed by atoms with E-state index < -0.39 is 30.6 Å². The largest absolute Gasteiger partial charge is 0.398 e. The lowest BCUT2D eigenvalue weighted by Gasteiger charge is -2.14. The van der Waals surface area contributed by atoms with Crippen LogP contribution in [0.1, 0.15) is 11.1 Å². The van der Waals surface area contributed by atoms with Gasteiger partial charge in [0, 0.05) is 34.3 Å². The molecule has 7 nitrogen and oxygen atoms in total. The van der Waals surface area contributed by atoms with Gasteiger partial charge in [0.2, 0.25) is 0 Å². The molecule has 10 heteroatoms. The molecule has 0 radical (unpaired) electrons. The third-order valence-corrected chi connectivity index (χ3v) is 8.18. The van der Waals surface area contributed by atoms with Gasteiger partial charge in [-0.2, -0.15) is 0 Å². The molecule has 0 aliphatic heterocycles. The SMILES string of the molecule is CS(=O)(=O)c1ccccc1S(=O)(=O)Nc1ccc(N)c(C(=N)c2ccc(-c3ccccc3)c(F)c2)c1. The van der Waals surface area contributed by atoms with Gasteiger partial charge in [0.15, 0.2) is 9.84 Å². The molecule has 0 aromatic heterocycles. The van der Waals surface area contributed by atoms with Crippen LogP contribution in [0.5, 0.6) is 0 Å². The number of nitrogens with one attached hydrogen (secondary N) is 2. The smallest absolute Gasteiger partial charge is 0.263 e. The molecule has 4 aromatic rings. The Hall–Kier alpha value is -4.02. The van der Waals surface area contributed by atoms with E-state index in [-0.39, 0.29) is 33.1 Å². The maximum Gasteiger partial charge on any atom is 0.263 e. The summed E-state index contributed by atoms with van der Waals surface area (Å²) < 4.78 is 67.4. The van der Waals surface area contributed by atoms with E-state index in [9.17, 15) is 21.2 Å². The van der Waals surface area contributed by atoms with Gasteiger partial charge < -0.3 is 5.73 Å². The van der Waals surface area contributed by atoms with Crippen LogP contribution in [-0.4, -0.2) is 28.8 Å². The predicted octanol–water partition coefficient (Wildman–Crippen LogP) is 4.70. The minimum absolute atomic E-state index is 0.0635. The second-order valence-electron chi connectivity index (χ2n) is 8.06. The van der Waals surface area contributed by atoms with Crippen molar-refractivity contribution < 1.29 is 21.2 Å². The molecule has 0 fully saturated rings. The molecule has 4 rings (SSSR count). The number of nitrogen functional groups attached to an aromatic ring is 1. The summed E-state index contributed by atoms with van der Waals surface area (Å²) in [6, 6.07) is 22.8. The summed E-state index contributed by atoms with van der Waals surface area (Å²) >= 11 is 0. The van der Waals surface area contributed by atoms with Gasteiger partial charge in [0.25, 0.3) is 10.0 Å². The van der Waals surface area contributed by atoms with Crippen LogP contribution in [0.4, 0.5) is 15.8 Å². The van der Waals surface area contributed by atoms with Crippen molar-refractivity contribution in [2.45, 2.75) is 9.79 Å². The first-order valence-electron chi connectivity index (χ1n) is 10.6. The van der Waals surface area contributed by atoms with Crippen LogP contribution < -0.4 is 10.5 Å². The highest BCUT2D eigenvalue weighted by molar-refractivity contribution is 7.95. The van der Waals surface area contributed by atoms with Gasteiger partial charge in [-0.15, -0.1) is 0 Å². The lowest BCUT2D eigenvalue weighted by atomic mass is 9.97. The third-order valence-electron chi connectivity index (χ3n) is 5.46. The van der Waals surface area contributed by atoms with Crippen LogP contribution in [0.2, 0.25) is 0 Å². The fraction of sp³-hybridized carbons (Fsp3) is 0.0385. The van der Waals surface area contributed by atoms with Gasteiger partial charge in [-0.3, -0.25) is 10.1 Å². The molecule has 36 heavy (non-hydrogen) atoms. The summed E-state index contributed by atoms with van der Waals surface area (Å²) in [7, 11) is -8.10. The zero-order valence-corrected chi connectivity index (χ0v) is 20.7. The van der Waals surface area contributed by atoms with Gasteiger partial charge in [-0.25, -0.2) is 21.2 Å². The van der Waals surface area contributed by atoms with Gasteiger partial charge in [0.05, 0.1) is 10.6 Å². The Bertz CT molecular complexity index is 1690. The highest BCUT2D eigenvalue weighted by Crippen LogP contribution is 2.28. The van der Waals surface area contributed by atoms with E-state index in [1.165, 1.54) is 48.5 Å². The first kappa shape index (κ1) is 25.1. The van der Waals surface area contributed by atoms with Crippen molar-refractivity contribution in [2.24, 2.45) is 0 Å². The van der Waals surface area contributed by atoms with Crippen molar-refractivity contribution in [3.8, 4) is 11.1 Å². The summed E-state index contributed by atoms with van der Waals surface area (Å²) in [6.07, 6.45) is 0.923. The number of anilines is 2. The lowest BCUT2D eigenvalue weighted by molar-refractivity contribution is 0.588. The molecular formula is C26H22FN3O4S2. The Morgan fingerprint density at radius 2 is 1.47 bits per heavy atom. The zero-order valence-electron chi connectivity index (χ0n) is 19.1. The number of sulfone groups is 1. The van der Waals surface area contributed by atoms with Crippen molar-refractivity contribution in [3.63, 3.8) is 0 Å². The molecule has 0 aliphatic carbocycles. The molecule has 0 amide bonds. The first-order valence-corrected chi connectivity index (χ1v) is 14.0. The molecule has 4 N–H and O–H groups in total. The van der Waals surface area contributed by atoms with Crippen molar-refractivity contribution >= 4 is 36.9 Å². The van der Waals surface area contributed by atoms with Crippen LogP contribution >= 0.6 is 0 Å². The van der Waals surface area contributed by atoms with Crippen molar-refractivity contribution in [1.29, 1.82) is 5.41 Å². The van der Waals surface area contributed by atoms with Gasteiger partial charge in [-0.1, -0.05) is 54.6 Å². The number of hydrogen-bond acceptors (Lipinski definition) is 6. The third kappa shape index (κ3) is 5.14. The summed E-state index contributed by atoms with van der Waals surface area (Å²) in [5, 5.41) is 8.59. The number of sulfonamides is 1. The average Bonchev–Trinajstić information content (AvgIpc) is 2.84. The molecule has 0 bridgehead atoms. The van der Waals surface area contributed by atoms with Gasteiger partial charge in [0.1, 0.15) is 10.7 Å². The quantitative estimate of drug-likeness (QED) is 0.239. The molecule has 0 saturated heterocycles. The zero-order chi connectivity index (χ0) is 26.1. The number of nitrogens with two attached hydrogens (primary N) is 1. The van der Waals surface area contributed by atoms with Crippen molar-refractivity contribution in [2.75, 3.05) is 16.7 Å². The normalized spacial score (nSPS) is 11.7. The fourth-order valence-electron chi connectivity index (χ4n) is 3.70. The molecular weight excluding hydrogens is 501 g/mol. The fourth-order valence-corrected chi connectivity index (χ4v) is 6.38. The Balaban J connectivity index is 1.67. The van der Waals surface area contributed by atoms with E-state index in [0.29, 0.717) is 11.1 Å². The maximum absolute atomic E-state index is 14.9. The maximum atomic E-state index is 14.9. The molecule has 0 saturated carbocycles. The van der Waals surface area contributed by atoms with E-state index in [1.807, 2.05) is 6.07 Å². The number of rotatable bonds is 7. The van der Waals surface area contributed by atoms with E-state index >= 15 is 0 Å². The second-order valence-corrected chi connectivity index (χ2v) is 11.7. The molecule has 0 spiro atoms. The average molecular weight is 524 g/mol. The Kier molecular flexibility index (Phi) is 6.66. The van der Waals surface area contributed by atoms with E-state index in [4.69, 9.17) is 11.1 Å². The van der Waals surface area contributed by atoms with Crippen LogP contribution in [-0.2, 0) is 19.9 Å². The number of hydrogen-bond donors (Lipinski definition) is 3. The van der Waals surface area contributed by atoms with E-state index in [2.05, 4.69) is 4.72 Å². The van der Waals surface area contributed by atoms with Gasteiger partial charge in [-0.05, 0) is 42.0 Å². The molecule has 184 valence electrons. The lowest BCUT2D eigenvalue weighted by Crippen LogP contribution is -2.17. The predicted molar refractivity (Wildman–Crippen MR) is 139 cm³/mol. The molecule has 4 aromatic carbocycles. The Labute approximate surface area is 208 Å². The monoisotopic (exact) mass is 523 g/mol. The summed E-state index contributed by atoms with van der Waals surface area (Å²) in [5.41, 5.74) is 7.70. The minimum Gasteiger partial charge on any atom is -0.398 e. The number of benzene rings is 4. The molecule has 0 atom stereocenters. The summed E-state index contributed by atoms with van der Waals surface area (Å²) in [6.45, 7) is 0. The highest BCUT2D eigenvalue weighted by atomic mass is 32.2. The molecule has 0 heterocycles. The van der Waals surface area contributed by atoms with Crippen LogP contribution in [0.25, 0.3) is 11.1 Å². The van der Waals surface area contributed by atoms with E-state index in [0.717, 1.165) is 6.26 Å². The molecule has 0 aliphatic rings. The van der Waals surface area contributed by atoms with Crippen LogP contribution in [0, 0.1) is 11.2 Å². The van der Waals surface area contributed by atoms with Crippen LogP contribution in [0.3, 0.4) is 0 Å². The minimum atomic E-state index is -4.29. The first-order chi connectivity index (χ1) is 17.0.